The van der Waals surface area contributed by atoms with Crippen LogP contribution in [0.15, 0.2) is 174 Å². The van der Waals surface area contributed by atoms with Gasteiger partial charge in [-0.1, -0.05) is 206 Å². The molecule has 0 bridgehead atoms. The third-order valence-corrected chi connectivity index (χ3v) is 25.0. The highest BCUT2D eigenvalue weighted by Gasteiger charge is 2.59. The van der Waals surface area contributed by atoms with Crippen molar-refractivity contribution in [3.63, 3.8) is 0 Å². The van der Waals surface area contributed by atoms with E-state index in [1.165, 1.54) is 137 Å². The van der Waals surface area contributed by atoms with E-state index in [1.807, 2.05) is 0 Å². The van der Waals surface area contributed by atoms with E-state index in [1.54, 1.807) is 0 Å². The van der Waals surface area contributed by atoms with Crippen LogP contribution in [0.3, 0.4) is 0 Å². The first kappa shape index (κ1) is 55.3. The van der Waals surface area contributed by atoms with Gasteiger partial charge in [-0.15, -0.1) is 0 Å². The van der Waals surface area contributed by atoms with Crippen molar-refractivity contribution < 1.29 is 4.42 Å². The molecule has 4 heterocycles. The minimum absolute atomic E-state index is 0.00311. The lowest BCUT2D eigenvalue weighted by Gasteiger charge is -2.52. The van der Waals surface area contributed by atoms with E-state index < -0.39 is 0 Å². The number of para-hydroxylation sites is 1. The van der Waals surface area contributed by atoms with Crippen LogP contribution in [0.4, 0.5) is 45.5 Å². The van der Waals surface area contributed by atoms with Crippen molar-refractivity contribution in [3.05, 3.63) is 220 Å². The Labute approximate surface area is 529 Å². The van der Waals surface area contributed by atoms with Gasteiger partial charge in [0.1, 0.15) is 11.2 Å². The quantitative estimate of drug-likeness (QED) is 0.164. The summed E-state index contributed by atoms with van der Waals surface area (Å²) in [5.41, 5.74) is 30.8. The maximum atomic E-state index is 6.94. The van der Waals surface area contributed by atoms with Crippen LogP contribution in [-0.2, 0) is 37.9 Å². The summed E-state index contributed by atoms with van der Waals surface area (Å²) in [6.45, 7) is 35.1. The van der Waals surface area contributed by atoms with Crippen molar-refractivity contribution in [1.82, 2.24) is 0 Å². The molecule has 2 atom stereocenters. The fourth-order valence-electron chi connectivity index (χ4n) is 19.3. The molecule has 0 radical (unpaired) electrons. The molecule has 0 amide bonds. The summed E-state index contributed by atoms with van der Waals surface area (Å²) in [4.78, 5) is 8.40. The molecule has 1 fully saturated rings. The van der Waals surface area contributed by atoms with Crippen molar-refractivity contribution in [1.29, 1.82) is 0 Å². The standard InChI is InChI=1S/C84H86BN3O/c1-77(2)39-40-78(3,4)59-44-53(34-35-56(59)77)86-69-49-61-60(79(5,6)41-42-80(61,7)8)47-65(69)85-66-48-62-63(82(11,12)58-29-20-19-28-57(58)81(62,9)10)50-70(66)87(68-30-24-32-74-75(68)55-27-18-21-31-73(55)89-74)72-46-54(45-71(86)76(72)85)88-67-36-33-52(51-25-16-15-17-26-51)43-64(67)83(13)37-22-23-38-84(83,88)14/h15-21,24-36,43-50H,22-23,37-42H2,1-14H3. The molecule has 0 spiro atoms. The summed E-state index contributed by atoms with van der Waals surface area (Å²) in [6.07, 6.45) is 9.25. The Bertz CT molecular complexity index is 4700. The van der Waals surface area contributed by atoms with Gasteiger partial charge in [0, 0.05) is 61.4 Å². The van der Waals surface area contributed by atoms with Crippen LogP contribution in [0.25, 0.3) is 33.1 Å². The first-order valence-electron chi connectivity index (χ1n) is 33.7. The highest BCUT2D eigenvalue weighted by Crippen LogP contribution is 2.64. The summed E-state index contributed by atoms with van der Waals surface area (Å²) >= 11 is 0. The second kappa shape index (κ2) is 18.0. The van der Waals surface area contributed by atoms with E-state index in [4.69, 9.17) is 4.42 Å². The number of benzene rings is 9. The van der Waals surface area contributed by atoms with Crippen LogP contribution in [-0.4, -0.2) is 12.3 Å². The van der Waals surface area contributed by atoms with E-state index in [9.17, 15) is 0 Å². The topological polar surface area (TPSA) is 22.9 Å². The third kappa shape index (κ3) is 7.37. The number of nitrogens with zero attached hydrogens (tertiary/aromatic N) is 3. The second-order valence-electron chi connectivity index (χ2n) is 32.5. The van der Waals surface area contributed by atoms with E-state index in [0.29, 0.717) is 0 Å². The van der Waals surface area contributed by atoms with Crippen LogP contribution in [0.2, 0.25) is 0 Å². The van der Waals surface area contributed by atoms with E-state index >= 15 is 0 Å². The van der Waals surface area contributed by atoms with Gasteiger partial charge >= 0.3 is 0 Å². The average molecular weight is 1160 g/mol. The molecule has 9 aromatic carbocycles. The van der Waals surface area contributed by atoms with Crippen molar-refractivity contribution in [2.75, 3.05) is 14.7 Å². The molecular formula is C84H86BN3O. The first-order valence-corrected chi connectivity index (χ1v) is 33.7. The number of rotatable bonds is 4. The van der Waals surface area contributed by atoms with Gasteiger partial charge in [0.2, 0.25) is 0 Å². The molecular weight excluding hydrogens is 1080 g/mol. The van der Waals surface area contributed by atoms with Gasteiger partial charge in [0.15, 0.2) is 0 Å². The monoisotopic (exact) mass is 1160 g/mol. The Morgan fingerprint density at radius 3 is 1.60 bits per heavy atom. The van der Waals surface area contributed by atoms with E-state index in [2.05, 4.69) is 281 Å². The number of anilines is 8. The van der Waals surface area contributed by atoms with Crippen LogP contribution >= 0.6 is 0 Å². The SMILES string of the molecule is CC1(C)CCC(C)(C)c2cc(N3c4cc5c(cc4B4c6cc7c(cc6N(c6cccc8oc9ccccc9c68)c6cc(N8c9ccc(-c%10ccccc%10)cc9C9(C)CCCCC89C)cc3c64)C(C)(C)c3ccccc3C7(C)C)C(C)(C)CCC5(C)C)ccc21. The maximum absolute atomic E-state index is 6.94. The molecule has 1 aromatic heterocycles. The van der Waals surface area contributed by atoms with Gasteiger partial charge in [0.05, 0.1) is 16.6 Å². The Balaban J connectivity index is 1.05. The predicted octanol–water partition coefficient (Wildman–Crippen LogP) is 20.7. The summed E-state index contributed by atoms with van der Waals surface area (Å²) in [6, 6.07) is 67.4. The molecule has 10 aromatic rings. The van der Waals surface area contributed by atoms with Crippen LogP contribution in [0.5, 0.6) is 0 Å². The van der Waals surface area contributed by atoms with Crippen molar-refractivity contribution >= 4 is 90.5 Å². The van der Waals surface area contributed by atoms with Gasteiger partial charge < -0.3 is 19.1 Å². The van der Waals surface area contributed by atoms with Crippen LogP contribution in [0, 0.1) is 0 Å². The largest absolute Gasteiger partial charge is 0.456 e. The zero-order chi connectivity index (χ0) is 61.5. The number of fused-ring (bicyclic) bond motifs is 14. The molecule has 89 heavy (non-hydrogen) atoms. The summed E-state index contributed by atoms with van der Waals surface area (Å²) in [5.74, 6) is 0. The molecule has 3 aliphatic heterocycles. The fraction of sp³-hybridized carbons (Fsp3) is 0.357. The number of hydrogen-bond acceptors (Lipinski definition) is 4. The Morgan fingerprint density at radius 2 is 0.899 bits per heavy atom. The van der Waals surface area contributed by atoms with Gasteiger partial charge in [-0.05, 0) is 211 Å². The molecule has 446 valence electrons. The number of furan rings is 1. The molecule has 0 N–H and O–H groups in total. The molecule has 7 aliphatic rings. The van der Waals surface area contributed by atoms with Gasteiger partial charge in [0.25, 0.3) is 6.71 Å². The maximum Gasteiger partial charge on any atom is 0.252 e. The van der Waals surface area contributed by atoms with Crippen LogP contribution in [0.1, 0.15) is 198 Å². The Morgan fingerprint density at radius 1 is 0.348 bits per heavy atom. The highest BCUT2D eigenvalue weighted by atomic mass is 16.3. The molecule has 17 rings (SSSR count). The summed E-state index contributed by atoms with van der Waals surface area (Å²) < 4.78 is 6.94. The fourth-order valence-corrected chi connectivity index (χ4v) is 19.3. The molecule has 4 nitrogen and oxygen atoms in total. The molecule has 4 aliphatic carbocycles. The molecule has 5 heteroatoms. The molecule has 0 saturated heterocycles. The third-order valence-electron chi connectivity index (χ3n) is 25.0. The second-order valence-corrected chi connectivity index (χ2v) is 32.5. The number of hydrogen-bond donors (Lipinski definition) is 0. The lowest BCUT2D eigenvalue weighted by atomic mass is 9.32. The smallest absolute Gasteiger partial charge is 0.252 e. The minimum atomic E-state index is -0.285. The zero-order valence-electron chi connectivity index (χ0n) is 55.1. The predicted molar refractivity (Wildman–Crippen MR) is 377 cm³/mol. The molecule has 1 saturated carbocycles. The normalized spacial score (nSPS) is 22.9. The van der Waals surface area contributed by atoms with Gasteiger partial charge in [-0.25, -0.2) is 0 Å². The minimum Gasteiger partial charge on any atom is -0.456 e. The lowest BCUT2D eigenvalue weighted by molar-refractivity contribution is 0.195. The van der Waals surface area contributed by atoms with Crippen molar-refractivity contribution in [3.8, 4) is 11.1 Å². The van der Waals surface area contributed by atoms with Gasteiger partial charge in [-0.3, -0.25) is 0 Å². The van der Waals surface area contributed by atoms with Crippen molar-refractivity contribution in [2.24, 2.45) is 0 Å². The Kier molecular flexibility index (Phi) is 11.2. The first-order chi connectivity index (χ1) is 42.3. The zero-order valence-corrected chi connectivity index (χ0v) is 55.1. The summed E-state index contributed by atoms with van der Waals surface area (Å²) in [7, 11) is 0. The Hall–Kier alpha value is -7.76. The summed E-state index contributed by atoms with van der Waals surface area (Å²) in [5, 5.41) is 2.28. The van der Waals surface area contributed by atoms with E-state index in [0.717, 1.165) is 59.7 Å². The average Bonchev–Trinajstić information content (AvgIpc) is 1.55. The molecule has 2 unspecified atom stereocenters. The van der Waals surface area contributed by atoms with Gasteiger partial charge in [-0.2, -0.15) is 0 Å². The van der Waals surface area contributed by atoms with Crippen LogP contribution < -0.4 is 31.1 Å². The highest BCUT2D eigenvalue weighted by molar-refractivity contribution is 7.00. The lowest BCUT2D eigenvalue weighted by Crippen LogP contribution is -2.62. The van der Waals surface area contributed by atoms with Crippen molar-refractivity contribution in [2.45, 2.75) is 192 Å². The van der Waals surface area contributed by atoms with E-state index in [-0.39, 0.29) is 50.2 Å².